The van der Waals surface area contributed by atoms with Gasteiger partial charge in [0.25, 0.3) is 5.91 Å². The van der Waals surface area contributed by atoms with Crippen molar-refractivity contribution in [2.75, 3.05) is 81.0 Å². The molecular weight excluding hydrogens is 918 g/mol. The molecule has 0 saturated carbocycles. The van der Waals surface area contributed by atoms with Crippen LogP contribution < -0.4 is 52.7 Å². The number of amides is 5. The molecule has 1 unspecified atom stereocenters. The van der Waals surface area contributed by atoms with E-state index in [1.54, 1.807) is 66.5 Å². The molecule has 23 heteroatoms. The van der Waals surface area contributed by atoms with Crippen molar-refractivity contribution < 1.29 is 38.2 Å². The van der Waals surface area contributed by atoms with E-state index in [2.05, 4.69) is 31.6 Å². The van der Waals surface area contributed by atoms with Gasteiger partial charge in [0, 0.05) is 78.8 Å². The summed E-state index contributed by atoms with van der Waals surface area (Å²) in [6.07, 6.45) is 4.94. The van der Waals surface area contributed by atoms with Gasteiger partial charge in [-0.3, -0.25) is 39.0 Å². The van der Waals surface area contributed by atoms with Crippen LogP contribution in [0.4, 0.5) is 28.8 Å². The second kappa shape index (κ2) is 23.9. The van der Waals surface area contributed by atoms with Crippen LogP contribution in [0.3, 0.4) is 0 Å². The summed E-state index contributed by atoms with van der Waals surface area (Å²) in [6, 6.07) is 12.6. The maximum atomic E-state index is 13.3. The molecular formula is C45H56ClN13O8S. The van der Waals surface area contributed by atoms with E-state index >= 15 is 0 Å². The standard InChI is InChI=1S/C45H56ClN13O8S/c1-5-34-44(65)57(3)36-21-51-45(55-41(36)59(34)23-30-10-13-38(46)68-30)53-33-11-9-27(19-37(33)66-4)42(63)50-20-29(47)22-58(48)17-15-49-16-18-67-26-40(62)52-32-8-6-7-28(25-60)31(32)24-56(2)35-12-14-39(61)54-43(35)64/h6-11,13,19,21-22,25,34-35,49H,5,12,14-18,20,23-24,26,47-48H2,1-4H3,(H,50,63)(H,52,62)(H,51,53,55)(H,54,61,64)/b29-22-/t34-,35?/m1/s1. The van der Waals surface area contributed by atoms with Crippen molar-refractivity contribution >= 4 is 87.6 Å². The molecule has 0 radical (unpaired) electrons. The first-order valence-corrected chi connectivity index (χ1v) is 22.9. The largest absolute Gasteiger partial charge is 0.495 e. The molecule has 2 atom stereocenters. The number of likely N-dealkylation sites (N-methyl/N-ethyl adjacent to an activating group) is 2. The molecule has 2 aliphatic rings. The zero-order valence-corrected chi connectivity index (χ0v) is 39.7. The summed E-state index contributed by atoms with van der Waals surface area (Å²) in [4.78, 5) is 90.6. The normalized spacial score (nSPS) is 16.0. The maximum Gasteiger partial charge on any atom is 0.251 e. The molecule has 2 aromatic carbocycles. The van der Waals surface area contributed by atoms with Crippen molar-refractivity contribution in [3.05, 3.63) is 92.5 Å². The Balaban J connectivity index is 0.919. The highest BCUT2D eigenvalue weighted by molar-refractivity contribution is 7.16. The third-order valence-electron chi connectivity index (χ3n) is 11.2. The molecule has 0 bridgehead atoms. The van der Waals surface area contributed by atoms with E-state index in [-0.39, 0.29) is 50.5 Å². The Labute approximate surface area is 402 Å². The minimum Gasteiger partial charge on any atom is -0.495 e. The van der Waals surface area contributed by atoms with E-state index < -0.39 is 29.8 Å². The van der Waals surface area contributed by atoms with E-state index in [1.165, 1.54) is 29.7 Å². The predicted molar refractivity (Wildman–Crippen MR) is 259 cm³/mol. The lowest BCUT2D eigenvalue weighted by atomic mass is 10.0. The minimum atomic E-state index is -0.555. The van der Waals surface area contributed by atoms with Gasteiger partial charge in [0.2, 0.25) is 29.6 Å². The first-order chi connectivity index (χ1) is 32.7. The van der Waals surface area contributed by atoms with Crippen LogP contribution in [0.5, 0.6) is 5.75 Å². The van der Waals surface area contributed by atoms with Gasteiger partial charge in [0.1, 0.15) is 30.4 Å². The van der Waals surface area contributed by atoms with Crippen molar-refractivity contribution in [3.63, 3.8) is 0 Å². The van der Waals surface area contributed by atoms with E-state index in [9.17, 15) is 28.8 Å². The molecule has 4 heterocycles. The number of rotatable bonds is 23. The molecule has 2 aromatic heterocycles. The third-order valence-corrected chi connectivity index (χ3v) is 12.4. The number of nitrogens with two attached hydrogens (primary N) is 2. The Hall–Kier alpha value is -6.69. The lowest BCUT2D eigenvalue weighted by Gasteiger charge is -2.40. The van der Waals surface area contributed by atoms with Gasteiger partial charge in [0.05, 0.1) is 49.1 Å². The smallest absolute Gasteiger partial charge is 0.251 e. The molecule has 1 fully saturated rings. The number of imide groups is 1. The van der Waals surface area contributed by atoms with Gasteiger partial charge in [-0.25, -0.2) is 10.8 Å². The average Bonchev–Trinajstić information content (AvgIpc) is 3.74. The molecule has 2 aliphatic heterocycles. The summed E-state index contributed by atoms with van der Waals surface area (Å²) in [7, 11) is 4.91. The number of methoxy groups -OCH3 is 1. The van der Waals surface area contributed by atoms with Gasteiger partial charge in [-0.2, -0.15) is 4.98 Å². The van der Waals surface area contributed by atoms with Crippen LogP contribution >= 0.6 is 22.9 Å². The number of ether oxygens (including phenoxy) is 2. The molecule has 5 amide bonds. The van der Waals surface area contributed by atoms with Gasteiger partial charge in [-0.15, -0.1) is 11.3 Å². The van der Waals surface area contributed by atoms with Crippen molar-refractivity contribution in [2.45, 2.75) is 51.4 Å². The summed E-state index contributed by atoms with van der Waals surface area (Å²) in [5, 5.41) is 15.7. The second-order valence-electron chi connectivity index (χ2n) is 15.9. The number of fused-ring (bicyclic) bond motifs is 1. The monoisotopic (exact) mass is 973 g/mol. The third kappa shape index (κ3) is 13.0. The van der Waals surface area contributed by atoms with Crippen LogP contribution in [0.1, 0.15) is 57.3 Å². The maximum absolute atomic E-state index is 13.3. The molecule has 68 heavy (non-hydrogen) atoms. The second-order valence-corrected chi connectivity index (χ2v) is 17.7. The fourth-order valence-electron chi connectivity index (χ4n) is 7.65. The molecule has 21 nitrogen and oxygen atoms in total. The van der Waals surface area contributed by atoms with E-state index in [1.807, 2.05) is 24.0 Å². The number of thiophene rings is 1. The highest BCUT2D eigenvalue weighted by atomic mass is 35.5. The topological polar surface area (TPSA) is 272 Å². The molecule has 0 spiro atoms. The number of nitrogens with zero attached hydrogens (tertiary/aromatic N) is 6. The molecule has 4 aromatic rings. The summed E-state index contributed by atoms with van der Waals surface area (Å²) in [5.41, 5.74) is 9.21. The van der Waals surface area contributed by atoms with Crippen LogP contribution in [0, 0.1) is 0 Å². The van der Waals surface area contributed by atoms with Crippen molar-refractivity contribution in [2.24, 2.45) is 11.6 Å². The molecule has 0 aliphatic carbocycles. The number of anilines is 5. The Morgan fingerprint density at radius 1 is 1.12 bits per heavy atom. The molecule has 9 N–H and O–H groups in total. The average molecular weight is 975 g/mol. The van der Waals surface area contributed by atoms with Gasteiger partial charge in [0.15, 0.2) is 5.82 Å². The summed E-state index contributed by atoms with van der Waals surface area (Å²) in [5.74, 6) is 5.74. The summed E-state index contributed by atoms with van der Waals surface area (Å²) >= 11 is 7.66. The van der Waals surface area contributed by atoms with Gasteiger partial charge >= 0.3 is 0 Å². The van der Waals surface area contributed by atoms with E-state index in [4.69, 9.17) is 37.6 Å². The van der Waals surface area contributed by atoms with Crippen molar-refractivity contribution in [3.8, 4) is 5.75 Å². The highest BCUT2D eigenvalue weighted by Gasteiger charge is 2.37. The fourth-order valence-corrected chi connectivity index (χ4v) is 8.73. The minimum absolute atomic E-state index is 0.0164. The Morgan fingerprint density at radius 2 is 1.93 bits per heavy atom. The molecule has 1 saturated heterocycles. The number of carbonyl (C=O) groups excluding carboxylic acids is 6. The Kier molecular flexibility index (Phi) is 17.8. The quantitative estimate of drug-likeness (QED) is 0.0185. The number of carbonyl (C=O) groups is 6. The lowest BCUT2D eigenvalue weighted by Crippen LogP contribution is -2.52. The van der Waals surface area contributed by atoms with Crippen LogP contribution in [-0.2, 0) is 37.0 Å². The number of benzene rings is 2. The number of halogens is 1. The SMILES string of the molecule is CC[C@@H]1C(=O)N(C)c2cnc(Nc3ccc(C(=O)NC/C(N)=C/N(N)CCNCCOCC(=O)Nc4cccc(C=O)c4CN(C)C4CCC(=O)NC4=O)cc3OC)nc2N1Cc1ccc(Cl)s1. The van der Waals surface area contributed by atoms with Gasteiger partial charge in [-0.05, 0) is 56.3 Å². The van der Waals surface area contributed by atoms with Crippen LogP contribution in [0.25, 0.3) is 0 Å². The predicted octanol–water partition coefficient (Wildman–Crippen LogP) is 2.71. The van der Waals surface area contributed by atoms with E-state index in [0.717, 1.165) is 4.88 Å². The van der Waals surface area contributed by atoms with Gasteiger partial charge in [-0.1, -0.05) is 30.7 Å². The number of piperidine rings is 1. The lowest BCUT2D eigenvalue weighted by molar-refractivity contribution is -0.137. The number of hydrogen-bond acceptors (Lipinski definition) is 18. The molecule has 6 rings (SSSR count). The van der Waals surface area contributed by atoms with Gasteiger partial charge < -0.3 is 51.3 Å². The highest BCUT2D eigenvalue weighted by Crippen LogP contribution is 2.38. The number of nitrogens with one attached hydrogen (secondary N) is 5. The van der Waals surface area contributed by atoms with Crippen LogP contribution in [-0.4, -0.2) is 128 Å². The Morgan fingerprint density at radius 3 is 2.65 bits per heavy atom. The van der Waals surface area contributed by atoms with Crippen LogP contribution in [0.15, 0.2) is 66.6 Å². The van der Waals surface area contributed by atoms with Crippen molar-refractivity contribution in [1.82, 2.24) is 35.8 Å². The summed E-state index contributed by atoms with van der Waals surface area (Å²) < 4.78 is 11.8. The first-order valence-electron chi connectivity index (χ1n) is 21.7. The van der Waals surface area contributed by atoms with E-state index in [0.29, 0.717) is 101 Å². The number of aldehydes is 1. The number of aromatic nitrogens is 2. The molecule has 362 valence electrons. The first kappa shape index (κ1) is 50.7. The zero-order chi connectivity index (χ0) is 48.9. The van der Waals surface area contributed by atoms with Crippen molar-refractivity contribution in [1.29, 1.82) is 0 Å². The Bertz CT molecular complexity index is 2520. The number of hydrazine groups is 1. The summed E-state index contributed by atoms with van der Waals surface area (Å²) in [6.45, 7) is 3.83. The zero-order valence-electron chi connectivity index (χ0n) is 38.2. The fraction of sp³-hybridized carbons (Fsp3) is 0.378. The van der Waals surface area contributed by atoms with Crippen LogP contribution in [0.2, 0.25) is 4.34 Å². The number of hydrogen-bond donors (Lipinski definition) is 7.